The first-order chi connectivity index (χ1) is 10.4. The number of carbonyl (C=O) groups excluding carboxylic acids is 2. The first-order valence-electron chi connectivity index (χ1n) is 9.10. The highest BCUT2D eigenvalue weighted by Gasteiger charge is 2.63. The van der Waals surface area contributed by atoms with Crippen LogP contribution in [0.5, 0.6) is 0 Å². The predicted octanol–water partition coefficient (Wildman–Crippen LogP) is 3.14. The van der Waals surface area contributed by atoms with Gasteiger partial charge in [0, 0.05) is 19.3 Å². The highest BCUT2D eigenvalue weighted by Crippen LogP contribution is 2.65. The molecule has 3 heteroatoms. The van der Waals surface area contributed by atoms with E-state index in [9.17, 15) is 14.7 Å². The third-order valence-corrected chi connectivity index (χ3v) is 8.30. The van der Waals surface area contributed by atoms with Gasteiger partial charge in [-0.3, -0.25) is 9.59 Å². The van der Waals surface area contributed by atoms with Gasteiger partial charge in [-0.2, -0.15) is 0 Å². The van der Waals surface area contributed by atoms with Crippen LogP contribution in [0.4, 0.5) is 0 Å². The Morgan fingerprint density at radius 3 is 2.59 bits per heavy atom. The molecule has 0 radical (unpaired) electrons. The Kier molecular flexibility index (Phi) is 3.15. The van der Waals surface area contributed by atoms with Gasteiger partial charge in [0.15, 0.2) is 0 Å². The molecular formula is C19H28O3. The number of hydrogen-bond donors (Lipinski definition) is 1. The molecule has 0 heterocycles. The molecule has 7 atom stereocenters. The molecule has 22 heavy (non-hydrogen) atoms. The maximum atomic E-state index is 12.4. The second-order valence-electron chi connectivity index (χ2n) is 8.90. The summed E-state index contributed by atoms with van der Waals surface area (Å²) in [6.45, 7) is 4.39. The lowest BCUT2D eigenvalue weighted by Gasteiger charge is -2.60. The van der Waals surface area contributed by atoms with Gasteiger partial charge in [-0.15, -0.1) is 0 Å². The summed E-state index contributed by atoms with van der Waals surface area (Å²) in [4.78, 5) is 24.3. The van der Waals surface area contributed by atoms with Crippen LogP contribution < -0.4 is 0 Å². The molecule has 0 aromatic heterocycles. The number of rotatable bonds is 0. The Balaban J connectivity index is 1.69. The molecule has 4 rings (SSSR count). The zero-order valence-corrected chi connectivity index (χ0v) is 13.8. The number of hydrogen-bond acceptors (Lipinski definition) is 3. The van der Waals surface area contributed by atoms with E-state index in [1.54, 1.807) is 0 Å². The first kappa shape index (κ1) is 14.9. The third-order valence-electron chi connectivity index (χ3n) is 8.30. The zero-order chi connectivity index (χ0) is 15.7. The summed E-state index contributed by atoms with van der Waals surface area (Å²) in [7, 11) is 0. The summed E-state index contributed by atoms with van der Waals surface area (Å²) in [6.07, 6.45) is 6.64. The first-order valence-corrected chi connectivity index (χ1v) is 9.10. The molecule has 0 aromatic rings. The average molecular weight is 304 g/mol. The van der Waals surface area contributed by atoms with Gasteiger partial charge in [-0.25, -0.2) is 0 Å². The molecule has 4 aliphatic carbocycles. The van der Waals surface area contributed by atoms with Crippen molar-refractivity contribution in [3.8, 4) is 0 Å². The van der Waals surface area contributed by atoms with E-state index >= 15 is 0 Å². The van der Waals surface area contributed by atoms with E-state index in [4.69, 9.17) is 0 Å². The highest BCUT2D eigenvalue weighted by atomic mass is 16.3. The SMILES string of the molecule is CC12CCC(=O)CC1CCC1C2CC(O)C2(C)C(=O)CCC12. The van der Waals surface area contributed by atoms with Crippen LogP contribution in [0.3, 0.4) is 0 Å². The monoisotopic (exact) mass is 304 g/mol. The maximum Gasteiger partial charge on any atom is 0.141 e. The molecule has 0 saturated heterocycles. The molecule has 0 bridgehead atoms. The van der Waals surface area contributed by atoms with E-state index in [0.29, 0.717) is 42.3 Å². The minimum atomic E-state index is -0.491. The Bertz CT molecular complexity index is 527. The van der Waals surface area contributed by atoms with E-state index in [1.807, 2.05) is 6.92 Å². The van der Waals surface area contributed by atoms with Crippen LogP contribution in [0, 0.1) is 34.5 Å². The van der Waals surface area contributed by atoms with Gasteiger partial charge in [0.1, 0.15) is 11.6 Å². The van der Waals surface area contributed by atoms with Crippen LogP contribution in [-0.2, 0) is 9.59 Å². The fraction of sp³-hybridized carbons (Fsp3) is 0.895. The molecule has 1 N–H and O–H groups in total. The van der Waals surface area contributed by atoms with E-state index in [1.165, 1.54) is 0 Å². The second kappa shape index (κ2) is 4.66. The molecule has 4 saturated carbocycles. The molecule has 3 nitrogen and oxygen atoms in total. The molecule has 0 aliphatic heterocycles. The van der Waals surface area contributed by atoms with E-state index < -0.39 is 11.5 Å². The van der Waals surface area contributed by atoms with Crippen molar-refractivity contribution in [2.24, 2.45) is 34.5 Å². The Morgan fingerprint density at radius 1 is 1.05 bits per heavy atom. The van der Waals surface area contributed by atoms with Crippen LogP contribution in [0.2, 0.25) is 0 Å². The minimum Gasteiger partial charge on any atom is -0.392 e. The standard InChI is InChI=1S/C19H28O3/c1-18-8-7-12(20)9-11(18)3-4-13-14-5-6-16(21)19(14,2)17(22)10-15(13)18/h11,13-15,17,22H,3-10H2,1-2H3. The van der Waals surface area contributed by atoms with E-state index in [-0.39, 0.29) is 11.2 Å². The van der Waals surface area contributed by atoms with Gasteiger partial charge < -0.3 is 5.11 Å². The molecule has 0 amide bonds. The number of aliphatic hydroxyl groups is 1. The Hall–Kier alpha value is -0.700. The largest absolute Gasteiger partial charge is 0.392 e. The molecule has 4 fully saturated rings. The number of carbonyl (C=O) groups is 2. The fourth-order valence-corrected chi connectivity index (χ4v) is 6.79. The molecule has 4 aliphatic rings. The number of ketones is 2. The smallest absolute Gasteiger partial charge is 0.141 e. The number of fused-ring (bicyclic) bond motifs is 5. The van der Waals surface area contributed by atoms with Gasteiger partial charge in [0.05, 0.1) is 11.5 Å². The molecule has 0 spiro atoms. The number of aliphatic hydroxyl groups excluding tert-OH is 1. The van der Waals surface area contributed by atoms with Crippen LogP contribution in [0.25, 0.3) is 0 Å². The fourth-order valence-electron chi connectivity index (χ4n) is 6.79. The lowest BCUT2D eigenvalue weighted by atomic mass is 9.44. The summed E-state index contributed by atoms with van der Waals surface area (Å²) >= 11 is 0. The number of Topliss-reactive ketones (excluding diaryl/α,β-unsaturated/α-hetero) is 2. The molecule has 7 unspecified atom stereocenters. The Morgan fingerprint density at radius 2 is 1.82 bits per heavy atom. The summed E-state index contributed by atoms with van der Waals surface area (Å²) in [5.74, 6) is 2.66. The summed E-state index contributed by atoms with van der Waals surface area (Å²) in [5.41, 5.74) is -0.292. The van der Waals surface area contributed by atoms with Crippen molar-refractivity contribution in [1.82, 2.24) is 0 Å². The van der Waals surface area contributed by atoms with Crippen molar-refractivity contribution >= 4 is 11.6 Å². The van der Waals surface area contributed by atoms with Crippen molar-refractivity contribution in [2.45, 2.75) is 71.3 Å². The van der Waals surface area contributed by atoms with Gasteiger partial charge in [-0.05, 0) is 68.1 Å². The normalized spacial score (nSPS) is 54.6. The van der Waals surface area contributed by atoms with E-state index in [2.05, 4.69) is 6.92 Å². The third kappa shape index (κ3) is 1.72. The maximum absolute atomic E-state index is 12.4. The van der Waals surface area contributed by atoms with Gasteiger partial charge in [0.2, 0.25) is 0 Å². The van der Waals surface area contributed by atoms with E-state index in [0.717, 1.165) is 38.5 Å². The second-order valence-corrected chi connectivity index (χ2v) is 8.90. The molecule has 122 valence electrons. The topological polar surface area (TPSA) is 54.4 Å². The highest BCUT2D eigenvalue weighted by molar-refractivity contribution is 5.88. The van der Waals surface area contributed by atoms with Crippen molar-refractivity contribution < 1.29 is 14.7 Å². The summed E-state index contributed by atoms with van der Waals surface area (Å²) < 4.78 is 0. The zero-order valence-electron chi connectivity index (χ0n) is 13.8. The summed E-state index contributed by atoms with van der Waals surface area (Å²) in [5, 5.41) is 10.8. The molecule has 0 aromatic carbocycles. The predicted molar refractivity (Wildman–Crippen MR) is 83.1 cm³/mol. The van der Waals surface area contributed by atoms with Crippen LogP contribution in [0.1, 0.15) is 65.2 Å². The van der Waals surface area contributed by atoms with Gasteiger partial charge >= 0.3 is 0 Å². The summed E-state index contributed by atoms with van der Waals surface area (Å²) in [6, 6.07) is 0. The average Bonchev–Trinajstić information content (AvgIpc) is 2.79. The Labute approximate surface area is 132 Å². The minimum absolute atomic E-state index is 0.199. The van der Waals surface area contributed by atoms with Crippen molar-refractivity contribution in [1.29, 1.82) is 0 Å². The van der Waals surface area contributed by atoms with Crippen LogP contribution >= 0.6 is 0 Å². The van der Waals surface area contributed by atoms with Crippen molar-refractivity contribution in [3.63, 3.8) is 0 Å². The van der Waals surface area contributed by atoms with Gasteiger partial charge in [0.25, 0.3) is 0 Å². The van der Waals surface area contributed by atoms with Gasteiger partial charge in [-0.1, -0.05) is 6.92 Å². The van der Waals surface area contributed by atoms with Crippen molar-refractivity contribution in [3.05, 3.63) is 0 Å². The van der Waals surface area contributed by atoms with Crippen LogP contribution in [-0.4, -0.2) is 22.8 Å². The quantitative estimate of drug-likeness (QED) is 0.748. The lowest BCUT2D eigenvalue weighted by Crippen LogP contribution is -2.58. The lowest BCUT2D eigenvalue weighted by molar-refractivity contribution is -0.166. The van der Waals surface area contributed by atoms with Crippen molar-refractivity contribution in [2.75, 3.05) is 0 Å². The van der Waals surface area contributed by atoms with Crippen LogP contribution in [0.15, 0.2) is 0 Å². The molecular weight excluding hydrogens is 276 g/mol.